The number of ether oxygens (including phenoxy) is 10. The quantitative estimate of drug-likeness (QED) is 0.185. The van der Waals surface area contributed by atoms with Crippen LogP contribution in [0.5, 0.6) is 23.0 Å². The van der Waals surface area contributed by atoms with Crippen LogP contribution in [0.25, 0.3) is 0 Å². The van der Waals surface area contributed by atoms with Crippen LogP contribution in [0.1, 0.15) is 24.2 Å². The number of carbonyl (C=O) groups is 1. The minimum absolute atomic E-state index is 0.323. The molecule has 46 heavy (non-hydrogen) atoms. The summed E-state index contributed by atoms with van der Waals surface area (Å²) in [6, 6.07) is 8.45. The maximum atomic E-state index is 11.8. The van der Waals surface area contributed by atoms with Crippen LogP contribution in [0.4, 0.5) is 11.4 Å². The van der Waals surface area contributed by atoms with Crippen molar-refractivity contribution in [2.24, 2.45) is 10.2 Å². The first-order chi connectivity index (χ1) is 22.7. The van der Waals surface area contributed by atoms with Gasteiger partial charge in [0.25, 0.3) is 0 Å². The number of azo groups is 1. The fourth-order valence-corrected chi connectivity index (χ4v) is 3.51. The molecule has 0 unspecified atom stereocenters. The van der Waals surface area contributed by atoms with E-state index in [0.717, 1.165) is 7.11 Å². The number of fused-ring (bicyclic) bond motifs is 1. The molecule has 1 aliphatic rings. The Hall–Kier alpha value is -3.37. The lowest BCUT2D eigenvalue weighted by Crippen LogP contribution is -2.13. The minimum Gasteiger partial charge on any atom is -0.490 e. The van der Waals surface area contributed by atoms with Gasteiger partial charge in [-0.3, -0.25) is 4.79 Å². The third-order valence-electron chi connectivity index (χ3n) is 5.62. The number of aliphatic hydroxyl groups is 1. The summed E-state index contributed by atoms with van der Waals surface area (Å²) < 4.78 is 54.3. The highest BCUT2D eigenvalue weighted by Crippen LogP contribution is 2.37. The van der Waals surface area contributed by atoms with Crippen LogP contribution >= 0.6 is 0 Å². The second kappa shape index (κ2) is 27.9. The Balaban J connectivity index is 0.00000118. The number of benzene rings is 2. The number of rotatable bonds is 13. The van der Waals surface area contributed by atoms with Gasteiger partial charge in [0.2, 0.25) is 0 Å². The molecule has 14 heteroatoms. The lowest BCUT2D eigenvalue weighted by Gasteiger charge is -2.14. The Morgan fingerprint density at radius 1 is 0.696 bits per heavy atom. The number of carbonyl (C=O) groups excluding carboxylic acids is 1. The Bertz CT molecular complexity index is 1080. The van der Waals surface area contributed by atoms with Crippen LogP contribution in [0, 0.1) is 0 Å². The molecule has 0 atom stereocenters. The Morgan fingerprint density at radius 3 is 1.85 bits per heavy atom. The molecular weight excluding hydrogens is 604 g/mol. The van der Waals surface area contributed by atoms with E-state index >= 15 is 0 Å². The molecule has 14 nitrogen and oxygen atoms in total. The molecule has 1 N–H and O–H groups in total. The first-order valence-electron chi connectivity index (χ1n) is 15.1. The molecule has 0 fully saturated rings. The van der Waals surface area contributed by atoms with Crippen LogP contribution < -0.4 is 18.9 Å². The number of aldehydes is 1. The monoisotopic (exact) mass is 654 g/mol. The molecule has 0 saturated carbocycles. The van der Waals surface area contributed by atoms with Crippen LogP contribution in [0.15, 0.2) is 40.6 Å². The molecule has 1 heterocycles. The number of methoxy groups -OCH3 is 2. The standard InChI is InChI=1S/C27H36N2O9.C4H10O2.CH4O/c1-3-31-11-14-38-27-19-23(21(20-30)17-25(27)35-4-2)29-28-22-5-6-24-26(18-22)37-16-13-34-10-8-32-7-9-33-12-15-36-24;1-5-3-4-6-2;1-2/h5-6,17-20H,3-4,7-16H2,1-2H3;3-4H2,1-2H3;2H,1H3. The molecule has 1 aliphatic heterocycles. The Morgan fingerprint density at radius 2 is 1.28 bits per heavy atom. The molecule has 0 bridgehead atoms. The number of aliphatic hydroxyl groups excluding tert-OH is 1. The van der Waals surface area contributed by atoms with Crippen molar-refractivity contribution in [2.75, 3.05) is 114 Å². The highest BCUT2D eigenvalue weighted by atomic mass is 16.6. The van der Waals surface area contributed by atoms with Crippen molar-refractivity contribution in [1.29, 1.82) is 0 Å². The van der Waals surface area contributed by atoms with E-state index < -0.39 is 0 Å². The largest absolute Gasteiger partial charge is 0.490 e. The van der Waals surface area contributed by atoms with Gasteiger partial charge in [0, 0.05) is 45.6 Å². The fourth-order valence-electron chi connectivity index (χ4n) is 3.51. The molecule has 260 valence electrons. The summed E-state index contributed by atoms with van der Waals surface area (Å²) in [5.41, 5.74) is 1.18. The Kier molecular flexibility index (Phi) is 24.7. The van der Waals surface area contributed by atoms with Gasteiger partial charge >= 0.3 is 0 Å². The van der Waals surface area contributed by atoms with Gasteiger partial charge in [-0.25, -0.2) is 0 Å². The third-order valence-corrected chi connectivity index (χ3v) is 5.62. The van der Waals surface area contributed by atoms with Gasteiger partial charge in [-0.05, 0) is 32.0 Å². The van der Waals surface area contributed by atoms with Gasteiger partial charge in [-0.2, -0.15) is 5.11 Å². The van der Waals surface area contributed by atoms with E-state index in [1.54, 1.807) is 44.6 Å². The van der Waals surface area contributed by atoms with E-state index in [2.05, 4.69) is 19.7 Å². The summed E-state index contributed by atoms with van der Waals surface area (Å²) in [6.45, 7) is 10.4. The zero-order valence-corrected chi connectivity index (χ0v) is 27.7. The molecular formula is C32H50N2O12. The summed E-state index contributed by atoms with van der Waals surface area (Å²) in [5, 5.41) is 15.6. The molecule has 0 radical (unpaired) electrons. The topological polar surface area (TPSA) is 154 Å². The zero-order valence-electron chi connectivity index (χ0n) is 27.7. The van der Waals surface area contributed by atoms with Gasteiger partial charge in [-0.1, -0.05) is 0 Å². The summed E-state index contributed by atoms with van der Waals surface area (Å²) in [6.07, 6.45) is 0.705. The van der Waals surface area contributed by atoms with Gasteiger partial charge < -0.3 is 52.5 Å². The molecule has 0 aromatic heterocycles. The SMILES string of the molecule is CCOCCOc1cc(N=Nc2ccc3c(c2)OCCOCCOCCOCCO3)c(C=O)cc1OCC.CO.COCCOC. The van der Waals surface area contributed by atoms with Crippen LogP contribution in [-0.4, -0.2) is 125 Å². The highest BCUT2D eigenvalue weighted by molar-refractivity contribution is 5.84. The normalized spacial score (nSPS) is 14.0. The Labute approximate surface area is 271 Å². The van der Waals surface area contributed by atoms with E-state index in [-0.39, 0.29) is 0 Å². The predicted octanol–water partition coefficient (Wildman–Crippen LogP) is 4.44. The van der Waals surface area contributed by atoms with Crippen molar-refractivity contribution in [1.82, 2.24) is 0 Å². The number of hydrogen-bond donors (Lipinski definition) is 1. The summed E-state index contributed by atoms with van der Waals surface area (Å²) in [4.78, 5) is 11.8. The van der Waals surface area contributed by atoms with Gasteiger partial charge in [0.05, 0.1) is 71.8 Å². The number of nitrogens with zero attached hydrogens (tertiary/aromatic N) is 2. The van der Waals surface area contributed by atoms with Gasteiger partial charge in [0.1, 0.15) is 25.5 Å². The highest BCUT2D eigenvalue weighted by Gasteiger charge is 2.13. The molecule has 0 amide bonds. The van der Waals surface area contributed by atoms with Gasteiger partial charge in [-0.15, -0.1) is 5.11 Å². The van der Waals surface area contributed by atoms with Crippen LogP contribution in [0.3, 0.4) is 0 Å². The van der Waals surface area contributed by atoms with Crippen molar-refractivity contribution < 1.29 is 57.3 Å². The molecule has 2 aromatic rings. The predicted molar refractivity (Wildman–Crippen MR) is 171 cm³/mol. The molecule has 2 aromatic carbocycles. The molecule has 0 spiro atoms. The van der Waals surface area contributed by atoms with Crippen molar-refractivity contribution >= 4 is 17.7 Å². The first kappa shape index (κ1) is 40.7. The fraction of sp³-hybridized carbons (Fsp3) is 0.594. The van der Waals surface area contributed by atoms with E-state index in [0.29, 0.717) is 139 Å². The third kappa shape index (κ3) is 17.4. The van der Waals surface area contributed by atoms with E-state index in [9.17, 15) is 4.79 Å². The second-order valence-corrected chi connectivity index (χ2v) is 8.80. The summed E-state index contributed by atoms with van der Waals surface area (Å²) >= 11 is 0. The molecule has 0 aliphatic carbocycles. The van der Waals surface area contributed by atoms with Crippen molar-refractivity contribution in [3.05, 3.63) is 35.9 Å². The lowest BCUT2D eigenvalue weighted by atomic mass is 10.1. The zero-order chi connectivity index (χ0) is 33.7. The van der Waals surface area contributed by atoms with Gasteiger partial charge in [0.15, 0.2) is 29.3 Å². The van der Waals surface area contributed by atoms with Crippen molar-refractivity contribution in [3.8, 4) is 23.0 Å². The maximum absolute atomic E-state index is 11.8. The van der Waals surface area contributed by atoms with Crippen LogP contribution in [-0.2, 0) is 28.4 Å². The minimum atomic E-state index is 0.323. The summed E-state index contributed by atoms with van der Waals surface area (Å²) in [5.74, 6) is 1.96. The number of hydrogen-bond acceptors (Lipinski definition) is 14. The second-order valence-electron chi connectivity index (χ2n) is 8.80. The van der Waals surface area contributed by atoms with E-state index in [1.807, 2.05) is 13.8 Å². The van der Waals surface area contributed by atoms with Crippen molar-refractivity contribution in [2.45, 2.75) is 13.8 Å². The molecule has 0 saturated heterocycles. The average molecular weight is 655 g/mol. The first-order valence-corrected chi connectivity index (χ1v) is 15.1. The maximum Gasteiger partial charge on any atom is 0.163 e. The van der Waals surface area contributed by atoms with Crippen molar-refractivity contribution in [3.63, 3.8) is 0 Å². The smallest absolute Gasteiger partial charge is 0.163 e. The van der Waals surface area contributed by atoms with E-state index in [1.165, 1.54) is 0 Å². The molecule has 3 rings (SSSR count). The average Bonchev–Trinajstić information content (AvgIpc) is 3.10. The van der Waals surface area contributed by atoms with E-state index in [4.69, 9.17) is 43.0 Å². The van der Waals surface area contributed by atoms with Crippen LogP contribution in [0.2, 0.25) is 0 Å². The summed E-state index contributed by atoms with van der Waals surface area (Å²) in [7, 11) is 4.30. The lowest BCUT2D eigenvalue weighted by molar-refractivity contribution is 0.00708.